The normalized spacial score (nSPS) is 12.5. The molecule has 0 saturated carbocycles. The first-order valence-electron chi connectivity index (χ1n) is 23.7. The van der Waals surface area contributed by atoms with E-state index < -0.39 is 0 Å². The molecule has 2 aliphatic heterocycles. The summed E-state index contributed by atoms with van der Waals surface area (Å²) in [5, 5.41) is 0. The molecule has 0 unspecified atom stereocenters. The fourth-order valence-corrected chi connectivity index (χ4v) is 10.4. The summed E-state index contributed by atoms with van der Waals surface area (Å²) in [6, 6.07) is 91.4. The van der Waals surface area contributed by atoms with E-state index in [1.807, 2.05) is 0 Å². The minimum absolute atomic E-state index is 0.135. The standard InChI is InChI=1S/C64H50BN3/c1-64(2,3)51-42-58-57-37-36-55(66(52-29-15-7-16-30-52)53-31-17-8-18-32-53)44-60(57)68(56-34-20-28-49(40-56)46-23-11-5-12-24-46)65-59-38-35-50(47-25-13-6-14-26-47)41-61(59)67(62(43-51)63(58)65)54-33-19-27-48(39-54)45-21-9-4-10-22-45/h4-44H,1-3H3. The van der Waals surface area contributed by atoms with Gasteiger partial charge in [-0.05, 0) is 134 Å². The smallest absolute Gasteiger partial charge is 0.333 e. The number of benzene rings is 10. The van der Waals surface area contributed by atoms with Gasteiger partial charge in [0.25, 0.3) is 0 Å². The molecule has 0 aromatic heterocycles. The maximum absolute atomic E-state index is 2.64. The molecule has 3 nitrogen and oxygen atoms in total. The predicted octanol–water partition coefficient (Wildman–Crippen LogP) is 16.2. The first-order valence-corrected chi connectivity index (χ1v) is 23.7. The van der Waals surface area contributed by atoms with Gasteiger partial charge in [-0.2, -0.15) is 0 Å². The van der Waals surface area contributed by atoms with Gasteiger partial charge in [0.15, 0.2) is 0 Å². The molecule has 0 spiro atoms. The van der Waals surface area contributed by atoms with Crippen molar-refractivity contribution in [1.29, 1.82) is 0 Å². The summed E-state index contributed by atoms with van der Waals surface area (Å²) in [4.78, 5) is 7.58. The van der Waals surface area contributed by atoms with Crippen molar-refractivity contribution >= 4 is 63.3 Å². The summed E-state index contributed by atoms with van der Waals surface area (Å²) in [6.07, 6.45) is 0. The first kappa shape index (κ1) is 41.1. The lowest BCUT2D eigenvalue weighted by atomic mass is 9.43. The Morgan fingerprint density at radius 3 is 1.41 bits per heavy atom. The molecule has 0 bridgehead atoms. The lowest BCUT2D eigenvalue weighted by molar-refractivity contribution is 0.590. The average molecular weight is 872 g/mol. The summed E-state index contributed by atoms with van der Waals surface area (Å²) < 4.78 is 0. The number of rotatable bonds is 8. The minimum atomic E-state index is -0.168. The van der Waals surface area contributed by atoms with Crippen molar-refractivity contribution in [3.8, 4) is 44.5 Å². The van der Waals surface area contributed by atoms with Gasteiger partial charge in [-0.3, -0.25) is 0 Å². The molecule has 0 radical (unpaired) electrons. The molecular weight excluding hydrogens is 822 g/mol. The Labute approximate surface area is 401 Å². The Hall–Kier alpha value is -8.34. The zero-order chi connectivity index (χ0) is 45.8. The van der Waals surface area contributed by atoms with E-state index in [1.165, 1.54) is 72.4 Å². The van der Waals surface area contributed by atoms with Crippen molar-refractivity contribution in [3.05, 3.63) is 254 Å². The maximum Gasteiger partial charge on any atom is 0.333 e. The number of para-hydroxylation sites is 2. The molecule has 4 heteroatoms. The third-order valence-electron chi connectivity index (χ3n) is 13.7. The molecule has 10 aromatic carbocycles. The van der Waals surface area contributed by atoms with E-state index in [0.717, 1.165) is 34.1 Å². The van der Waals surface area contributed by atoms with Gasteiger partial charge in [-0.1, -0.05) is 197 Å². The highest BCUT2D eigenvalue weighted by molar-refractivity contribution is 6.93. The van der Waals surface area contributed by atoms with Gasteiger partial charge in [-0.15, -0.1) is 0 Å². The van der Waals surface area contributed by atoms with Crippen LogP contribution in [0.1, 0.15) is 26.3 Å². The van der Waals surface area contributed by atoms with Gasteiger partial charge < -0.3 is 14.6 Å². The van der Waals surface area contributed by atoms with Crippen LogP contribution in [-0.2, 0) is 5.41 Å². The average Bonchev–Trinajstić information content (AvgIpc) is 3.39. The zero-order valence-corrected chi connectivity index (χ0v) is 38.6. The molecule has 2 aliphatic rings. The number of nitrogens with zero attached hydrogens (tertiary/aromatic N) is 3. The largest absolute Gasteiger partial charge is 0.376 e. The van der Waals surface area contributed by atoms with Crippen LogP contribution in [0.4, 0.5) is 45.5 Å². The number of anilines is 8. The van der Waals surface area contributed by atoms with Crippen LogP contribution >= 0.6 is 0 Å². The topological polar surface area (TPSA) is 9.72 Å². The lowest BCUT2D eigenvalue weighted by Gasteiger charge is -2.47. The highest BCUT2D eigenvalue weighted by atomic mass is 15.2. The van der Waals surface area contributed by atoms with E-state index in [9.17, 15) is 0 Å². The van der Waals surface area contributed by atoms with E-state index >= 15 is 0 Å². The second-order valence-corrected chi connectivity index (χ2v) is 19.0. The molecule has 12 rings (SSSR count). The van der Waals surface area contributed by atoms with Gasteiger partial charge >= 0.3 is 6.85 Å². The van der Waals surface area contributed by atoms with Crippen LogP contribution in [-0.4, -0.2) is 6.85 Å². The van der Waals surface area contributed by atoms with Crippen molar-refractivity contribution in [2.75, 3.05) is 14.6 Å². The van der Waals surface area contributed by atoms with Crippen molar-refractivity contribution < 1.29 is 0 Å². The first-order chi connectivity index (χ1) is 33.4. The summed E-state index contributed by atoms with van der Waals surface area (Å²) in [6.45, 7) is 6.86. The Bertz CT molecular complexity index is 3400. The molecule has 0 atom stereocenters. The van der Waals surface area contributed by atoms with Crippen molar-refractivity contribution in [1.82, 2.24) is 0 Å². The number of hydrogen-bond acceptors (Lipinski definition) is 3. The van der Waals surface area contributed by atoms with Gasteiger partial charge in [0, 0.05) is 51.1 Å². The molecule has 2 heterocycles. The van der Waals surface area contributed by atoms with Crippen molar-refractivity contribution in [2.24, 2.45) is 0 Å². The van der Waals surface area contributed by atoms with Gasteiger partial charge in [-0.25, -0.2) is 0 Å². The van der Waals surface area contributed by atoms with Crippen LogP contribution in [0.2, 0.25) is 0 Å². The lowest BCUT2D eigenvalue weighted by Crippen LogP contribution is -2.61. The highest BCUT2D eigenvalue weighted by Crippen LogP contribution is 2.51. The molecule has 68 heavy (non-hydrogen) atoms. The van der Waals surface area contributed by atoms with Crippen LogP contribution in [0, 0.1) is 0 Å². The quantitative estimate of drug-likeness (QED) is 0.141. The fourth-order valence-electron chi connectivity index (χ4n) is 10.4. The van der Waals surface area contributed by atoms with Crippen LogP contribution in [0.3, 0.4) is 0 Å². The fraction of sp³-hybridized carbons (Fsp3) is 0.0625. The Morgan fingerprint density at radius 1 is 0.353 bits per heavy atom. The molecule has 0 amide bonds. The summed E-state index contributed by atoms with van der Waals surface area (Å²) >= 11 is 0. The van der Waals surface area contributed by atoms with Gasteiger partial charge in [0.2, 0.25) is 0 Å². The van der Waals surface area contributed by atoms with E-state index in [4.69, 9.17) is 0 Å². The van der Waals surface area contributed by atoms with E-state index in [-0.39, 0.29) is 12.3 Å². The third-order valence-corrected chi connectivity index (χ3v) is 13.7. The zero-order valence-electron chi connectivity index (χ0n) is 38.6. The maximum atomic E-state index is 2.64. The summed E-state index contributed by atoms with van der Waals surface area (Å²) in [5.74, 6) is 0. The molecule has 10 aromatic rings. The van der Waals surface area contributed by atoms with Crippen LogP contribution in [0.25, 0.3) is 44.5 Å². The van der Waals surface area contributed by atoms with Crippen LogP contribution < -0.4 is 25.5 Å². The summed E-state index contributed by atoms with van der Waals surface area (Å²) in [5.41, 5.74) is 22.4. The van der Waals surface area contributed by atoms with E-state index in [1.54, 1.807) is 0 Å². The molecular formula is C64H50BN3. The monoisotopic (exact) mass is 871 g/mol. The second-order valence-electron chi connectivity index (χ2n) is 19.0. The number of fused-ring (bicyclic) bond motifs is 4. The number of hydrogen-bond donors (Lipinski definition) is 0. The molecule has 0 N–H and O–H groups in total. The predicted molar refractivity (Wildman–Crippen MR) is 290 cm³/mol. The molecule has 0 fully saturated rings. The van der Waals surface area contributed by atoms with Gasteiger partial charge in [0.1, 0.15) is 0 Å². The molecule has 0 aliphatic carbocycles. The third kappa shape index (κ3) is 7.26. The second kappa shape index (κ2) is 16.8. The Morgan fingerprint density at radius 2 is 0.853 bits per heavy atom. The SMILES string of the molecule is CC(C)(C)c1cc2c3c(c1)N(c1cccc(-c4ccccc4)c1)c1cc(-c4ccccc4)ccc1B3N(c1cccc(-c3ccccc3)c1)c1cc(N(c3ccccc3)c3ccccc3)ccc1-2. The summed E-state index contributed by atoms with van der Waals surface area (Å²) in [7, 11) is 0. The van der Waals surface area contributed by atoms with Crippen LogP contribution in [0.5, 0.6) is 0 Å². The highest BCUT2D eigenvalue weighted by Gasteiger charge is 2.46. The molecule has 324 valence electrons. The Balaban J connectivity index is 1.18. The van der Waals surface area contributed by atoms with Crippen LogP contribution in [0.15, 0.2) is 249 Å². The minimum Gasteiger partial charge on any atom is -0.376 e. The van der Waals surface area contributed by atoms with Gasteiger partial charge in [0.05, 0.1) is 0 Å². The Kier molecular flexibility index (Phi) is 10.2. The van der Waals surface area contributed by atoms with E-state index in [0.29, 0.717) is 0 Å². The molecule has 0 saturated heterocycles. The van der Waals surface area contributed by atoms with Crippen molar-refractivity contribution in [3.63, 3.8) is 0 Å². The van der Waals surface area contributed by atoms with Crippen molar-refractivity contribution in [2.45, 2.75) is 26.2 Å². The van der Waals surface area contributed by atoms with E-state index in [2.05, 4.69) is 284 Å².